The van der Waals surface area contributed by atoms with Crippen LogP contribution >= 0.6 is 0 Å². The normalized spacial score (nSPS) is 11.0. The Labute approximate surface area is 148 Å². The predicted molar refractivity (Wildman–Crippen MR) is 99.9 cm³/mol. The van der Waals surface area contributed by atoms with Crippen LogP contribution in [0.5, 0.6) is 5.75 Å². The van der Waals surface area contributed by atoms with E-state index in [1.807, 2.05) is 30.3 Å². The van der Waals surface area contributed by atoms with Gasteiger partial charge in [0.15, 0.2) is 5.96 Å². The highest BCUT2D eigenvalue weighted by Gasteiger charge is 2.03. The summed E-state index contributed by atoms with van der Waals surface area (Å²) < 4.78 is 5.35. The molecule has 0 saturated carbocycles. The van der Waals surface area contributed by atoms with Gasteiger partial charge in [0.2, 0.25) is 5.91 Å². The summed E-state index contributed by atoms with van der Waals surface area (Å²) in [4.78, 5) is 15.3. The molecular formula is C19H24N4O2. The fraction of sp³-hybridized carbons (Fsp3) is 0.263. The van der Waals surface area contributed by atoms with Gasteiger partial charge in [-0.25, -0.2) is 0 Å². The summed E-state index contributed by atoms with van der Waals surface area (Å²) in [5.74, 6) is 1.18. The number of carbonyl (C=O) groups excluding carboxylic acids is 1. The molecule has 0 spiro atoms. The fourth-order valence-electron chi connectivity index (χ4n) is 2.42. The number of benzene rings is 2. The minimum Gasteiger partial charge on any atom is -0.496 e. The second-order valence-corrected chi connectivity index (χ2v) is 5.48. The molecule has 0 aliphatic carbocycles. The fourth-order valence-corrected chi connectivity index (χ4v) is 2.42. The molecule has 0 aromatic heterocycles. The Bertz CT molecular complexity index is 726. The number of guanidine groups is 1. The molecule has 132 valence electrons. The van der Waals surface area contributed by atoms with E-state index in [2.05, 4.69) is 21.7 Å². The SMILES string of the molecule is CN=C(NCCc1ccccc1OC)NCc1ccc(C(N)=O)cc1. The minimum absolute atomic E-state index is 0.423. The molecule has 0 radical (unpaired) electrons. The first-order chi connectivity index (χ1) is 12.1. The van der Waals surface area contributed by atoms with Crippen LogP contribution < -0.4 is 21.1 Å². The molecule has 2 aromatic rings. The van der Waals surface area contributed by atoms with Crippen molar-refractivity contribution in [2.45, 2.75) is 13.0 Å². The summed E-state index contributed by atoms with van der Waals surface area (Å²) in [6.45, 7) is 1.34. The summed E-state index contributed by atoms with van der Waals surface area (Å²) >= 11 is 0. The molecule has 1 amide bonds. The largest absolute Gasteiger partial charge is 0.496 e. The van der Waals surface area contributed by atoms with Gasteiger partial charge in [-0.1, -0.05) is 30.3 Å². The van der Waals surface area contributed by atoms with Crippen molar-refractivity contribution in [2.24, 2.45) is 10.7 Å². The topological polar surface area (TPSA) is 88.7 Å². The molecule has 6 heteroatoms. The smallest absolute Gasteiger partial charge is 0.248 e. The molecule has 4 N–H and O–H groups in total. The van der Waals surface area contributed by atoms with Gasteiger partial charge in [0.05, 0.1) is 7.11 Å². The van der Waals surface area contributed by atoms with Crippen molar-refractivity contribution in [3.8, 4) is 5.75 Å². The monoisotopic (exact) mass is 340 g/mol. The number of ether oxygens (including phenoxy) is 1. The summed E-state index contributed by atoms with van der Waals surface area (Å²) in [5.41, 5.74) is 7.93. The van der Waals surface area contributed by atoms with Gasteiger partial charge >= 0.3 is 0 Å². The maximum atomic E-state index is 11.1. The molecule has 2 rings (SSSR count). The van der Waals surface area contributed by atoms with Crippen LogP contribution in [-0.2, 0) is 13.0 Å². The van der Waals surface area contributed by atoms with Gasteiger partial charge in [-0.2, -0.15) is 0 Å². The molecule has 0 unspecified atom stereocenters. The van der Waals surface area contributed by atoms with Crippen LogP contribution in [0.2, 0.25) is 0 Å². The third-order valence-electron chi connectivity index (χ3n) is 3.80. The van der Waals surface area contributed by atoms with Crippen LogP contribution in [0, 0.1) is 0 Å². The van der Waals surface area contributed by atoms with E-state index in [-0.39, 0.29) is 0 Å². The Morgan fingerprint density at radius 3 is 2.48 bits per heavy atom. The van der Waals surface area contributed by atoms with Crippen LogP contribution in [-0.4, -0.2) is 32.6 Å². The van der Waals surface area contributed by atoms with Crippen LogP contribution in [0.4, 0.5) is 0 Å². The first-order valence-corrected chi connectivity index (χ1v) is 8.09. The van der Waals surface area contributed by atoms with Crippen molar-refractivity contribution in [2.75, 3.05) is 20.7 Å². The number of methoxy groups -OCH3 is 1. The number of nitrogens with one attached hydrogen (secondary N) is 2. The van der Waals surface area contributed by atoms with Crippen molar-refractivity contribution < 1.29 is 9.53 Å². The molecule has 0 aliphatic rings. The highest BCUT2D eigenvalue weighted by molar-refractivity contribution is 5.92. The predicted octanol–water partition coefficient (Wildman–Crippen LogP) is 1.70. The summed E-state index contributed by atoms with van der Waals surface area (Å²) in [6, 6.07) is 15.1. The zero-order valence-electron chi connectivity index (χ0n) is 14.6. The summed E-state index contributed by atoms with van der Waals surface area (Å²) in [6.07, 6.45) is 0.831. The Balaban J connectivity index is 1.81. The minimum atomic E-state index is -0.423. The first-order valence-electron chi connectivity index (χ1n) is 8.09. The van der Waals surface area contributed by atoms with Crippen LogP contribution in [0.3, 0.4) is 0 Å². The van der Waals surface area contributed by atoms with Gasteiger partial charge in [0.1, 0.15) is 5.75 Å². The lowest BCUT2D eigenvalue weighted by Crippen LogP contribution is -2.37. The van der Waals surface area contributed by atoms with Crippen LogP contribution in [0.25, 0.3) is 0 Å². The van der Waals surface area contributed by atoms with E-state index in [0.717, 1.165) is 29.8 Å². The Hall–Kier alpha value is -3.02. The van der Waals surface area contributed by atoms with Crippen molar-refractivity contribution in [3.05, 3.63) is 65.2 Å². The number of carbonyl (C=O) groups is 1. The summed E-state index contributed by atoms with van der Waals surface area (Å²) in [5, 5.41) is 6.52. The lowest BCUT2D eigenvalue weighted by Gasteiger charge is -2.13. The van der Waals surface area contributed by atoms with Gasteiger partial charge in [0, 0.05) is 25.7 Å². The van der Waals surface area contributed by atoms with Gasteiger partial charge in [-0.3, -0.25) is 9.79 Å². The van der Waals surface area contributed by atoms with Crippen molar-refractivity contribution in [1.29, 1.82) is 0 Å². The summed E-state index contributed by atoms with van der Waals surface area (Å²) in [7, 11) is 3.41. The van der Waals surface area contributed by atoms with E-state index in [9.17, 15) is 4.79 Å². The molecule has 6 nitrogen and oxygen atoms in total. The Morgan fingerprint density at radius 1 is 1.12 bits per heavy atom. The lowest BCUT2D eigenvalue weighted by atomic mass is 10.1. The molecule has 0 atom stereocenters. The standard InChI is InChI=1S/C19H24N4O2/c1-21-19(22-12-11-15-5-3-4-6-17(15)25-2)23-13-14-7-9-16(10-8-14)18(20)24/h3-10H,11-13H2,1-2H3,(H2,20,24)(H2,21,22,23). The number of primary amides is 1. The molecule has 2 aromatic carbocycles. The number of nitrogens with two attached hydrogens (primary N) is 1. The Kier molecular flexibility index (Phi) is 6.83. The van der Waals surface area contributed by atoms with Gasteiger partial charge in [-0.05, 0) is 35.7 Å². The van der Waals surface area contributed by atoms with E-state index in [4.69, 9.17) is 10.5 Å². The second kappa shape index (κ2) is 9.32. The van der Waals surface area contributed by atoms with Crippen LogP contribution in [0.1, 0.15) is 21.5 Å². The van der Waals surface area contributed by atoms with E-state index in [1.165, 1.54) is 0 Å². The molecular weight excluding hydrogens is 316 g/mol. The van der Waals surface area contributed by atoms with E-state index >= 15 is 0 Å². The average Bonchev–Trinajstić information content (AvgIpc) is 2.65. The zero-order chi connectivity index (χ0) is 18.1. The van der Waals surface area contributed by atoms with E-state index in [1.54, 1.807) is 26.3 Å². The van der Waals surface area contributed by atoms with Crippen molar-refractivity contribution >= 4 is 11.9 Å². The third kappa shape index (κ3) is 5.53. The maximum absolute atomic E-state index is 11.1. The van der Waals surface area contributed by atoms with Crippen molar-refractivity contribution in [3.63, 3.8) is 0 Å². The molecule has 0 bridgehead atoms. The number of hydrogen-bond acceptors (Lipinski definition) is 3. The zero-order valence-corrected chi connectivity index (χ0v) is 14.6. The number of para-hydroxylation sites is 1. The molecule has 0 aliphatic heterocycles. The van der Waals surface area contributed by atoms with E-state index < -0.39 is 5.91 Å². The number of aliphatic imine (C=N–C) groups is 1. The molecule has 25 heavy (non-hydrogen) atoms. The third-order valence-corrected chi connectivity index (χ3v) is 3.80. The van der Waals surface area contributed by atoms with Crippen molar-refractivity contribution in [1.82, 2.24) is 10.6 Å². The molecule has 0 saturated heterocycles. The second-order valence-electron chi connectivity index (χ2n) is 5.48. The quantitative estimate of drug-likeness (QED) is 0.529. The van der Waals surface area contributed by atoms with Gasteiger partial charge in [0.25, 0.3) is 0 Å². The number of rotatable bonds is 7. The van der Waals surface area contributed by atoms with Gasteiger partial charge in [-0.15, -0.1) is 0 Å². The number of amides is 1. The van der Waals surface area contributed by atoms with Crippen LogP contribution in [0.15, 0.2) is 53.5 Å². The van der Waals surface area contributed by atoms with Gasteiger partial charge < -0.3 is 21.1 Å². The number of hydrogen-bond donors (Lipinski definition) is 3. The Morgan fingerprint density at radius 2 is 1.84 bits per heavy atom. The van der Waals surface area contributed by atoms with E-state index in [0.29, 0.717) is 18.1 Å². The lowest BCUT2D eigenvalue weighted by molar-refractivity contribution is 0.100. The average molecular weight is 340 g/mol. The molecule has 0 fully saturated rings. The first kappa shape index (κ1) is 18.3. The maximum Gasteiger partial charge on any atom is 0.248 e. The highest BCUT2D eigenvalue weighted by atomic mass is 16.5. The highest BCUT2D eigenvalue weighted by Crippen LogP contribution is 2.17. The molecule has 0 heterocycles. The number of nitrogens with zero attached hydrogens (tertiary/aromatic N) is 1.